The van der Waals surface area contributed by atoms with Gasteiger partial charge in [-0.25, -0.2) is 18.0 Å². The molecule has 0 bridgehead atoms. The van der Waals surface area contributed by atoms with Crippen molar-refractivity contribution in [1.29, 1.82) is 0 Å². The van der Waals surface area contributed by atoms with Gasteiger partial charge in [-0.2, -0.15) is 4.31 Å². The van der Waals surface area contributed by atoms with Crippen LogP contribution in [0.5, 0.6) is 0 Å². The van der Waals surface area contributed by atoms with E-state index in [2.05, 4.69) is 0 Å². The number of anilines is 2. The van der Waals surface area contributed by atoms with E-state index in [0.717, 1.165) is 11.1 Å². The third-order valence-corrected chi connectivity index (χ3v) is 8.10. The van der Waals surface area contributed by atoms with Crippen molar-refractivity contribution in [2.75, 3.05) is 55.9 Å². The van der Waals surface area contributed by atoms with E-state index < -0.39 is 22.2 Å². The van der Waals surface area contributed by atoms with Crippen molar-refractivity contribution in [3.05, 3.63) is 48.0 Å². The summed E-state index contributed by atoms with van der Waals surface area (Å²) in [6.45, 7) is 6.82. The average Bonchev–Trinajstić information content (AvgIpc) is 2.91. The lowest BCUT2D eigenvalue weighted by Gasteiger charge is -2.40. The fourth-order valence-corrected chi connectivity index (χ4v) is 5.66. The quantitative estimate of drug-likeness (QED) is 0.565. The van der Waals surface area contributed by atoms with Crippen molar-refractivity contribution in [2.24, 2.45) is 0 Å². The van der Waals surface area contributed by atoms with E-state index in [1.54, 1.807) is 36.9 Å². The number of hydrogen-bond donors (Lipinski definition) is 0. The molecule has 1 saturated heterocycles. The normalized spacial score (nSPS) is 18.1. The highest BCUT2D eigenvalue weighted by Gasteiger charge is 2.36. The van der Waals surface area contributed by atoms with Crippen LogP contribution in [0.2, 0.25) is 0 Å². The maximum Gasteiger partial charge on any atom is 0.414 e. The molecule has 0 N–H and O–H groups in total. The molecule has 2 aliphatic rings. The number of methoxy groups -OCH3 is 1. The molecule has 210 valence electrons. The van der Waals surface area contributed by atoms with Crippen LogP contribution in [0.1, 0.15) is 31.1 Å². The number of ether oxygens (including phenoxy) is 2. The van der Waals surface area contributed by atoms with Crippen molar-refractivity contribution in [2.45, 2.75) is 32.9 Å². The molecule has 0 saturated carbocycles. The Hall–Kier alpha value is -3.64. The highest BCUT2D eigenvalue weighted by molar-refractivity contribution is 7.88. The number of fused-ring (bicyclic) bond motifs is 1. The molecule has 0 aromatic heterocycles. The Kier molecular flexibility index (Phi) is 8.17. The summed E-state index contributed by atoms with van der Waals surface area (Å²) in [5.74, 6) is -0.162. The van der Waals surface area contributed by atoms with E-state index in [1.165, 1.54) is 27.5 Å². The molecule has 2 aromatic rings. The predicted octanol–water partition coefficient (Wildman–Crippen LogP) is 3.40. The molecule has 2 heterocycles. The van der Waals surface area contributed by atoms with Crippen molar-refractivity contribution >= 4 is 39.5 Å². The van der Waals surface area contributed by atoms with Crippen LogP contribution in [0.4, 0.5) is 21.0 Å². The van der Waals surface area contributed by atoms with E-state index in [9.17, 15) is 22.8 Å². The summed E-state index contributed by atoms with van der Waals surface area (Å²) in [5, 5.41) is 0. The van der Waals surface area contributed by atoms with E-state index in [4.69, 9.17) is 9.47 Å². The minimum atomic E-state index is -3.28. The molecule has 2 aliphatic heterocycles. The highest BCUT2D eigenvalue weighted by atomic mass is 32.2. The number of carbonyl (C=O) groups is 3. The summed E-state index contributed by atoms with van der Waals surface area (Å²) >= 11 is 0. The molecule has 12 heteroatoms. The van der Waals surface area contributed by atoms with Crippen molar-refractivity contribution in [3.8, 4) is 11.1 Å². The SMILES string of the molecule is COC(=O)N1c2ccc(-c3ccc(C(=O)N4CCN(S(C)(=O)=O)CC4)cc3)cc2N(C(=O)OC(C)C)CC1C. The average molecular weight is 559 g/mol. The zero-order valence-corrected chi connectivity index (χ0v) is 23.6. The molecule has 1 atom stereocenters. The fourth-order valence-electron chi connectivity index (χ4n) is 4.83. The molecule has 39 heavy (non-hydrogen) atoms. The van der Waals surface area contributed by atoms with Crippen molar-refractivity contribution < 1.29 is 32.3 Å². The van der Waals surface area contributed by atoms with E-state index in [0.29, 0.717) is 30.0 Å². The van der Waals surface area contributed by atoms with Crippen LogP contribution in [0, 0.1) is 0 Å². The summed E-state index contributed by atoms with van der Waals surface area (Å²) in [7, 11) is -1.96. The Morgan fingerprint density at radius 1 is 0.897 bits per heavy atom. The smallest absolute Gasteiger partial charge is 0.414 e. The van der Waals surface area contributed by atoms with Gasteiger partial charge in [-0.3, -0.25) is 14.6 Å². The summed E-state index contributed by atoms with van der Waals surface area (Å²) in [4.78, 5) is 43.2. The lowest BCUT2D eigenvalue weighted by atomic mass is 10.00. The standard InChI is InChI=1S/C27H34N4O7S/c1-18(2)38-26(33)30-17-19(3)31(27(34)37-4)23-11-10-22(16-24(23)30)20-6-8-21(9-7-20)25(32)28-12-14-29(15-13-28)39(5,35)36/h6-11,16,18-19H,12-15,17H2,1-5H3. The summed E-state index contributed by atoms with van der Waals surface area (Å²) < 4.78 is 35.3. The number of hydrogen-bond acceptors (Lipinski definition) is 7. The molecule has 4 rings (SSSR count). The third-order valence-electron chi connectivity index (χ3n) is 6.80. The predicted molar refractivity (Wildman–Crippen MR) is 148 cm³/mol. The van der Waals surface area contributed by atoms with Gasteiger partial charge in [0, 0.05) is 31.7 Å². The van der Waals surface area contributed by atoms with Gasteiger partial charge in [0.05, 0.1) is 43.4 Å². The van der Waals surface area contributed by atoms with Gasteiger partial charge in [-0.1, -0.05) is 18.2 Å². The number of rotatable bonds is 4. The highest BCUT2D eigenvalue weighted by Crippen LogP contribution is 2.39. The van der Waals surface area contributed by atoms with Crippen molar-refractivity contribution in [3.63, 3.8) is 0 Å². The minimum Gasteiger partial charge on any atom is -0.452 e. The van der Waals surface area contributed by atoms with Gasteiger partial charge in [0.1, 0.15) is 0 Å². The third kappa shape index (κ3) is 6.01. The van der Waals surface area contributed by atoms with Gasteiger partial charge < -0.3 is 14.4 Å². The van der Waals surface area contributed by atoms with Gasteiger partial charge in [-0.15, -0.1) is 0 Å². The van der Waals surface area contributed by atoms with Gasteiger partial charge in [0.15, 0.2) is 0 Å². The summed E-state index contributed by atoms with van der Waals surface area (Å²) in [5.41, 5.74) is 3.15. The van der Waals surface area contributed by atoms with Gasteiger partial charge in [0.2, 0.25) is 10.0 Å². The second-order valence-electron chi connectivity index (χ2n) is 9.97. The number of benzene rings is 2. The summed E-state index contributed by atoms with van der Waals surface area (Å²) in [6.07, 6.45) is -0.160. The summed E-state index contributed by atoms with van der Waals surface area (Å²) in [6, 6.07) is 12.2. The Bertz CT molecular complexity index is 1350. The molecular formula is C27H34N4O7S. The second-order valence-corrected chi connectivity index (χ2v) is 11.9. The Balaban J connectivity index is 1.59. The molecular weight excluding hydrogens is 524 g/mol. The number of piperazine rings is 1. The first-order valence-electron chi connectivity index (χ1n) is 12.7. The van der Waals surface area contributed by atoms with E-state index in [1.807, 2.05) is 31.2 Å². The maximum atomic E-state index is 13.0. The number of nitrogens with zero attached hydrogens (tertiary/aromatic N) is 4. The van der Waals surface area contributed by atoms with Crippen LogP contribution < -0.4 is 9.80 Å². The molecule has 1 unspecified atom stereocenters. The van der Waals surface area contributed by atoms with Crippen LogP contribution in [0.3, 0.4) is 0 Å². The first kappa shape index (κ1) is 28.4. The molecule has 11 nitrogen and oxygen atoms in total. The maximum absolute atomic E-state index is 13.0. The second kappa shape index (κ2) is 11.2. The molecule has 0 radical (unpaired) electrons. The van der Waals surface area contributed by atoms with Crippen LogP contribution >= 0.6 is 0 Å². The minimum absolute atomic E-state index is 0.162. The number of carbonyl (C=O) groups excluding carboxylic acids is 3. The van der Waals surface area contributed by atoms with Crippen LogP contribution in [0.15, 0.2) is 42.5 Å². The van der Waals surface area contributed by atoms with Crippen LogP contribution in [-0.4, -0.2) is 94.0 Å². The van der Waals surface area contributed by atoms with Gasteiger partial charge in [0.25, 0.3) is 5.91 Å². The Morgan fingerprint density at radius 2 is 1.51 bits per heavy atom. The molecule has 2 aromatic carbocycles. The Labute approximate surface area is 228 Å². The molecule has 0 aliphatic carbocycles. The van der Waals surface area contributed by atoms with E-state index in [-0.39, 0.29) is 37.7 Å². The fraction of sp³-hybridized carbons (Fsp3) is 0.444. The lowest BCUT2D eigenvalue weighted by molar-refractivity contribution is 0.0698. The zero-order valence-electron chi connectivity index (χ0n) is 22.8. The number of sulfonamides is 1. The molecule has 1 fully saturated rings. The number of amides is 3. The molecule has 0 spiro atoms. The Morgan fingerprint density at radius 3 is 2.08 bits per heavy atom. The first-order chi connectivity index (χ1) is 18.4. The van der Waals surface area contributed by atoms with Crippen LogP contribution in [-0.2, 0) is 19.5 Å². The lowest BCUT2D eigenvalue weighted by Crippen LogP contribution is -2.52. The largest absolute Gasteiger partial charge is 0.452 e. The first-order valence-corrected chi connectivity index (χ1v) is 14.6. The van der Waals surface area contributed by atoms with Gasteiger partial charge in [-0.05, 0) is 56.2 Å². The monoisotopic (exact) mass is 558 g/mol. The van der Waals surface area contributed by atoms with Gasteiger partial charge >= 0.3 is 12.2 Å². The van der Waals surface area contributed by atoms with Crippen LogP contribution in [0.25, 0.3) is 11.1 Å². The molecule has 3 amide bonds. The zero-order chi connectivity index (χ0) is 28.5. The topological polar surface area (TPSA) is 117 Å². The van der Waals surface area contributed by atoms with Crippen molar-refractivity contribution in [1.82, 2.24) is 9.21 Å². The van der Waals surface area contributed by atoms with E-state index >= 15 is 0 Å².